The number of carbonyl (C=O) groups excluding carboxylic acids is 1. The average molecular weight is 388 g/mol. The first kappa shape index (κ1) is 18.3. The number of anilines is 1. The van der Waals surface area contributed by atoms with Crippen LogP contribution in [-0.4, -0.2) is 51.9 Å². The van der Waals surface area contributed by atoms with Crippen LogP contribution in [0.1, 0.15) is 25.7 Å². The minimum atomic E-state index is -3.68. The van der Waals surface area contributed by atoms with Crippen molar-refractivity contribution in [2.75, 3.05) is 37.0 Å². The van der Waals surface area contributed by atoms with Crippen molar-refractivity contribution in [1.29, 1.82) is 0 Å². The van der Waals surface area contributed by atoms with Gasteiger partial charge in [0.2, 0.25) is 5.91 Å². The van der Waals surface area contributed by atoms with Gasteiger partial charge in [0.1, 0.15) is 6.54 Å². The molecule has 0 bridgehead atoms. The van der Waals surface area contributed by atoms with E-state index in [1.807, 2.05) is 18.2 Å². The number of piperidine rings is 1. The smallest absolute Gasteiger partial charge is 0.265 e. The molecule has 0 unspecified atom stereocenters. The molecule has 1 saturated heterocycles. The minimum Gasteiger partial charge on any atom is -0.354 e. The van der Waals surface area contributed by atoms with Gasteiger partial charge in [0.05, 0.1) is 10.6 Å². The van der Waals surface area contributed by atoms with Crippen LogP contribution >= 0.6 is 0 Å². The maximum absolute atomic E-state index is 12.9. The van der Waals surface area contributed by atoms with Crippen LogP contribution in [0.25, 0.3) is 10.8 Å². The Balaban J connectivity index is 1.38. The molecule has 0 aliphatic carbocycles. The van der Waals surface area contributed by atoms with E-state index in [1.165, 1.54) is 23.6 Å². The van der Waals surface area contributed by atoms with Crippen LogP contribution < -0.4 is 9.62 Å². The lowest BCUT2D eigenvalue weighted by Crippen LogP contribution is -2.40. The molecule has 1 fully saturated rings. The van der Waals surface area contributed by atoms with Gasteiger partial charge >= 0.3 is 0 Å². The van der Waals surface area contributed by atoms with Crippen LogP contribution in [0.4, 0.5) is 5.69 Å². The predicted octanol–water partition coefficient (Wildman–Crippen LogP) is 2.34. The van der Waals surface area contributed by atoms with E-state index in [0.29, 0.717) is 17.6 Å². The number of carbonyl (C=O) groups is 1. The van der Waals surface area contributed by atoms with Crippen molar-refractivity contribution in [3.63, 3.8) is 0 Å². The van der Waals surface area contributed by atoms with Crippen LogP contribution in [0.15, 0.2) is 41.3 Å². The lowest BCUT2D eigenvalue weighted by molar-refractivity contribution is -0.119. The Morgan fingerprint density at radius 1 is 1.04 bits per heavy atom. The summed E-state index contributed by atoms with van der Waals surface area (Å²) in [5, 5.41) is 4.45. The zero-order valence-electron chi connectivity index (χ0n) is 15.4. The molecular weight excluding hydrogens is 362 g/mol. The van der Waals surface area contributed by atoms with Gasteiger partial charge < -0.3 is 10.2 Å². The van der Waals surface area contributed by atoms with E-state index in [1.54, 1.807) is 18.2 Å². The van der Waals surface area contributed by atoms with Gasteiger partial charge in [-0.05, 0) is 56.4 Å². The van der Waals surface area contributed by atoms with Gasteiger partial charge in [-0.15, -0.1) is 0 Å². The molecule has 1 amide bonds. The molecule has 0 saturated carbocycles. The number of benzene rings is 2. The number of nitrogens with zero attached hydrogens (tertiary/aromatic N) is 2. The third-order valence-electron chi connectivity index (χ3n) is 5.39. The van der Waals surface area contributed by atoms with E-state index in [0.717, 1.165) is 31.4 Å². The maximum Gasteiger partial charge on any atom is 0.265 e. The first-order chi connectivity index (χ1) is 13.1. The number of rotatable bonds is 6. The van der Waals surface area contributed by atoms with Gasteiger partial charge in [0, 0.05) is 11.9 Å². The highest BCUT2D eigenvalue weighted by molar-refractivity contribution is 7.93. The molecule has 2 aliphatic heterocycles. The molecule has 6 nitrogen and oxygen atoms in total. The molecule has 27 heavy (non-hydrogen) atoms. The van der Waals surface area contributed by atoms with Gasteiger partial charge in [-0.1, -0.05) is 30.7 Å². The fourth-order valence-corrected chi connectivity index (χ4v) is 5.69. The lowest BCUT2D eigenvalue weighted by atomic mass is 10.1. The van der Waals surface area contributed by atoms with Crippen molar-refractivity contribution in [2.24, 2.45) is 0 Å². The summed E-state index contributed by atoms with van der Waals surface area (Å²) >= 11 is 0. The summed E-state index contributed by atoms with van der Waals surface area (Å²) in [6, 6.07) is 10.7. The van der Waals surface area contributed by atoms with Gasteiger partial charge in [-0.25, -0.2) is 8.42 Å². The second-order valence-corrected chi connectivity index (χ2v) is 9.08. The monoisotopic (exact) mass is 387 g/mol. The predicted molar refractivity (Wildman–Crippen MR) is 106 cm³/mol. The highest BCUT2D eigenvalue weighted by Gasteiger charge is 2.36. The molecule has 0 atom stereocenters. The Morgan fingerprint density at radius 3 is 2.56 bits per heavy atom. The van der Waals surface area contributed by atoms with E-state index in [2.05, 4.69) is 10.2 Å². The topological polar surface area (TPSA) is 69.7 Å². The van der Waals surface area contributed by atoms with Crippen LogP contribution in [0, 0.1) is 0 Å². The van der Waals surface area contributed by atoms with Crippen LogP contribution in [-0.2, 0) is 14.8 Å². The Kier molecular flexibility index (Phi) is 5.06. The Labute approximate surface area is 160 Å². The van der Waals surface area contributed by atoms with Gasteiger partial charge in [-0.2, -0.15) is 0 Å². The largest absolute Gasteiger partial charge is 0.354 e. The molecule has 4 rings (SSSR count). The standard InChI is InChI=1S/C20H25N3O3S/c24-19(21-11-6-14-22-12-2-1-3-13-22)15-23-17-9-4-7-16-8-5-10-18(20(16)17)27(23,25)26/h4-5,7-10H,1-3,6,11-15H2,(H,21,24). The molecule has 0 radical (unpaired) electrons. The quantitative estimate of drug-likeness (QED) is 0.773. The number of hydrogen-bond donors (Lipinski definition) is 1. The number of sulfonamides is 1. The second-order valence-electron chi connectivity index (χ2n) is 7.25. The number of amides is 1. The van der Waals surface area contributed by atoms with Crippen molar-refractivity contribution in [2.45, 2.75) is 30.6 Å². The molecule has 0 spiro atoms. The lowest BCUT2D eigenvalue weighted by Gasteiger charge is -2.26. The van der Waals surface area contributed by atoms with E-state index < -0.39 is 10.0 Å². The minimum absolute atomic E-state index is 0.181. The molecule has 7 heteroatoms. The van der Waals surface area contributed by atoms with Crippen molar-refractivity contribution in [1.82, 2.24) is 10.2 Å². The molecule has 2 aromatic rings. The Hall–Kier alpha value is -2.12. The summed E-state index contributed by atoms with van der Waals surface area (Å²) in [7, 11) is -3.68. The Morgan fingerprint density at radius 2 is 1.78 bits per heavy atom. The van der Waals surface area contributed by atoms with Gasteiger partial charge in [-0.3, -0.25) is 9.10 Å². The second kappa shape index (κ2) is 7.48. The van der Waals surface area contributed by atoms with E-state index >= 15 is 0 Å². The number of nitrogens with one attached hydrogen (secondary N) is 1. The van der Waals surface area contributed by atoms with E-state index in [9.17, 15) is 13.2 Å². The number of hydrogen-bond acceptors (Lipinski definition) is 4. The third kappa shape index (κ3) is 3.53. The summed E-state index contributed by atoms with van der Waals surface area (Å²) in [6.07, 6.45) is 4.71. The molecule has 2 aliphatic rings. The fraction of sp³-hybridized carbons (Fsp3) is 0.450. The van der Waals surface area contributed by atoms with Crippen molar-refractivity contribution in [3.05, 3.63) is 36.4 Å². The van der Waals surface area contributed by atoms with Gasteiger partial charge in [0.25, 0.3) is 10.0 Å². The van der Waals surface area contributed by atoms with E-state index in [4.69, 9.17) is 0 Å². The SMILES string of the molecule is O=C(CN1c2cccc3cccc(c23)S1(=O)=O)NCCCN1CCCCC1. The van der Waals surface area contributed by atoms with Crippen LogP contribution in [0.2, 0.25) is 0 Å². The highest BCUT2D eigenvalue weighted by Crippen LogP contribution is 2.41. The van der Waals surface area contributed by atoms with Crippen LogP contribution in [0.5, 0.6) is 0 Å². The summed E-state index contributed by atoms with van der Waals surface area (Å²) in [5.41, 5.74) is 0.589. The zero-order chi connectivity index (χ0) is 18.9. The molecule has 2 aromatic carbocycles. The first-order valence-corrected chi connectivity index (χ1v) is 11.0. The molecule has 2 heterocycles. The average Bonchev–Trinajstić information content (AvgIpc) is 2.90. The molecular formula is C20H25N3O3S. The summed E-state index contributed by atoms with van der Waals surface area (Å²) in [6.45, 7) is 3.65. The first-order valence-electron chi connectivity index (χ1n) is 9.61. The molecule has 1 N–H and O–H groups in total. The fourth-order valence-electron chi connectivity index (χ4n) is 4.03. The maximum atomic E-state index is 12.9. The number of likely N-dealkylation sites (tertiary alicyclic amines) is 1. The molecule has 144 valence electrons. The zero-order valence-corrected chi connectivity index (χ0v) is 16.2. The molecule has 0 aromatic heterocycles. The summed E-state index contributed by atoms with van der Waals surface area (Å²) < 4.78 is 27.0. The summed E-state index contributed by atoms with van der Waals surface area (Å²) in [5.74, 6) is -0.262. The van der Waals surface area contributed by atoms with Crippen molar-refractivity contribution < 1.29 is 13.2 Å². The van der Waals surface area contributed by atoms with Gasteiger partial charge in [0.15, 0.2) is 0 Å². The third-order valence-corrected chi connectivity index (χ3v) is 7.19. The van der Waals surface area contributed by atoms with Crippen LogP contribution in [0.3, 0.4) is 0 Å². The summed E-state index contributed by atoms with van der Waals surface area (Å²) in [4.78, 5) is 15.1. The van der Waals surface area contributed by atoms with E-state index in [-0.39, 0.29) is 17.3 Å². The van der Waals surface area contributed by atoms with Crippen molar-refractivity contribution in [3.8, 4) is 0 Å². The van der Waals surface area contributed by atoms with Crippen molar-refractivity contribution >= 4 is 32.4 Å². The highest BCUT2D eigenvalue weighted by atomic mass is 32.2. The normalized spacial score (nSPS) is 18.7. The Bertz CT molecular complexity index is 947.